The summed E-state index contributed by atoms with van der Waals surface area (Å²) in [6.07, 6.45) is -1.27. The van der Waals surface area contributed by atoms with Crippen LogP contribution in [0.1, 0.15) is 15.9 Å². The fourth-order valence-electron chi connectivity index (χ4n) is 2.37. The minimum absolute atomic E-state index is 0.140. The Morgan fingerprint density at radius 3 is 2.55 bits per heavy atom. The second-order valence-electron chi connectivity index (χ2n) is 6.19. The van der Waals surface area contributed by atoms with Crippen LogP contribution in [0.4, 0.5) is 24.5 Å². The standard InChI is InChI=1S/C19H20F3IN2O6/c20-14-6-11(23)1-2-15(14)24-18-13(19(29)25-31-9-12(28)7-27)5-10(8-30-4-3-26)16(21)17(18)22/h1-2,5-6,12,24,26-28H,3-4,7-9H2,(H,25,29). The predicted molar refractivity (Wildman–Crippen MR) is 112 cm³/mol. The summed E-state index contributed by atoms with van der Waals surface area (Å²) in [6, 6.07) is 4.97. The number of rotatable bonds is 11. The normalized spacial score (nSPS) is 12.0. The van der Waals surface area contributed by atoms with E-state index in [9.17, 15) is 23.1 Å². The van der Waals surface area contributed by atoms with Gasteiger partial charge in [-0.1, -0.05) is 0 Å². The number of hydroxylamine groups is 1. The van der Waals surface area contributed by atoms with Gasteiger partial charge in [-0.15, -0.1) is 0 Å². The van der Waals surface area contributed by atoms with E-state index in [2.05, 4.69) is 5.32 Å². The first-order valence-corrected chi connectivity index (χ1v) is 9.99. The Morgan fingerprint density at radius 2 is 1.90 bits per heavy atom. The smallest absolute Gasteiger partial charge is 0.277 e. The van der Waals surface area contributed by atoms with Crippen molar-refractivity contribution in [3.05, 3.63) is 56.4 Å². The zero-order chi connectivity index (χ0) is 23.0. The maximum absolute atomic E-state index is 14.8. The summed E-state index contributed by atoms with van der Waals surface area (Å²) in [5, 5.41) is 29.2. The maximum atomic E-state index is 14.8. The zero-order valence-electron chi connectivity index (χ0n) is 16.0. The second-order valence-corrected chi connectivity index (χ2v) is 7.44. The van der Waals surface area contributed by atoms with Crippen molar-refractivity contribution in [2.45, 2.75) is 12.7 Å². The highest BCUT2D eigenvalue weighted by Crippen LogP contribution is 2.31. The molecular formula is C19H20F3IN2O6. The quantitative estimate of drug-likeness (QED) is 0.163. The number of carbonyl (C=O) groups is 1. The summed E-state index contributed by atoms with van der Waals surface area (Å²) in [4.78, 5) is 17.3. The molecule has 0 aliphatic heterocycles. The van der Waals surface area contributed by atoms with E-state index in [1.165, 1.54) is 12.1 Å². The molecule has 12 heteroatoms. The number of aliphatic hydroxyl groups is 3. The van der Waals surface area contributed by atoms with Gasteiger partial charge in [0.05, 0.1) is 43.4 Å². The summed E-state index contributed by atoms with van der Waals surface area (Å²) < 4.78 is 49.1. The number of anilines is 2. The van der Waals surface area contributed by atoms with Gasteiger partial charge in [0, 0.05) is 9.13 Å². The number of amides is 1. The minimum atomic E-state index is -1.46. The Morgan fingerprint density at radius 1 is 1.16 bits per heavy atom. The fourth-order valence-corrected chi connectivity index (χ4v) is 2.82. The lowest BCUT2D eigenvalue weighted by atomic mass is 10.1. The first kappa shape index (κ1) is 25.3. The molecule has 0 bridgehead atoms. The Bertz CT molecular complexity index is 919. The van der Waals surface area contributed by atoms with Crippen LogP contribution in [0.2, 0.25) is 0 Å². The van der Waals surface area contributed by atoms with E-state index in [1.54, 1.807) is 0 Å². The Balaban J connectivity index is 2.40. The summed E-state index contributed by atoms with van der Waals surface area (Å²) >= 11 is 1.87. The molecule has 31 heavy (non-hydrogen) atoms. The summed E-state index contributed by atoms with van der Waals surface area (Å²) in [6.45, 7) is -2.01. The van der Waals surface area contributed by atoms with Crippen LogP contribution in [0, 0.1) is 21.0 Å². The van der Waals surface area contributed by atoms with Gasteiger partial charge in [-0.05, 0) is 46.9 Å². The molecule has 0 aliphatic carbocycles. The molecule has 0 fully saturated rings. The number of benzene rings is 2. The SMILES string of the molecule is O=C(NOCC(O)CO)c1cc(COCCO)c(F)c(F)c1Nc1ccc(I)cc1F. The zero-order valence-corrected chi connectivity index (χ0v) is 18.2. The van der Waals surface area contributed by atoms with E-state index in [0.29, 0.717) is 3.57 Å². The molecule has 1 unspecified atom stereocenters. The van der Waals surface area contributed by atoms with E-state index in [0.717, 1.165) is 12.1 Å². The average Bonchev–Trinajstić information content (AvgIpc) is 2.74. The van der Waals surface area contributed by atoms with Gasteiger partial charge in [0.15, 0.2) is 11.6 Å². The average molecular weight is 556 g/mol. The molecule has 1 atom stereocenters. The minimum Gasteiger partial charge on any atom is -0.394 e. The highest BCUT2D eigenvalue weighted by molar-refractivity contribution is 14.1. The van der Waals surface area contributed by atoms with Crippen molar-refractivity contribution < 1.29 is 42.9 Å². The van der Waals surface area contributed by atoms with Gasteiger partial charge in [-0.3, -0.25) is 9.63 Å². The van der Waals surface area contributed by atoms with Crippen LogP contribution in [0.3, 0.4) is 0 Å². The lowest BCUT2D eigenvalue weighted by Gasteiger charge is -2.17. The van der Waals surface area contributed by atoms with Crippen molar-refractivity contribution in [2.24, 2.45) is 0 Å². The van der Waals surface area contributed by atoms with E-state index in [1.807, 2.05) is 28.1 Å². The molecule has 2 rings (SSSR count). The van der Waals surface area contributed by atoms with E-state index in [-0.39, 0.29) is 24.5 Å². The van der Waals surface area contributed by atoms with Crippen LogP contribution in [-0.4, -0.2) is 53.8 Å². The molecule has 2 aromatic rings. The Hall–Kier alpha value is -1.97. The summed E-state index contributed by atoms with van der Waals surface area (Å²) in [7, 11) is 0. The van der Waals surface area contributed by atoms with Crippen LogP contribution in [0.5, 0.6) is 0 Å². The molecule has 0 saturated carbocycles. The third-order valence-corrected chi connectivity index (χ3v) is 4.53. The molecule has 2 aromatic carbocycles. The lowest BCUT2D eigenvalue weighted by Crippen LogP contribution is -2.30. The molecule has 0 saturated heterocycles. The van der Waals surface area contributed by atoms with Gasteiger partial charge in [-0.25, -0.2) is 18.7 Å². The van der Waals surface area contributed by atoms with Crippen molar-refractivity contribution in [2.75, 3.05) is 31.7 Å². The Kier molecular flexibility index (Phi) is 9.93. The molecule has 0 spiro atoms. The number of hydrogen-bond donors (Lipinski definition) is 5. The van der Waals surface area contributed by atoms with Gasteiger partial charge < -0.3 is 25.4 Å². The topological polar surface area (TPSA) is 120 Å². The Labute approximate surface area is 189 Å². The fraction of sp³-hybridized carbons (Fsp3) is 0.316. The molecule has 5 N–H and O–H groups in total. The molecule has 0 heterocycles. The third kappa shape index (κ3) is 7.02. The van der Waals surface area contributed by atoms with E-state index < -0.39 is 60.5 Å². The van der Waals surface area contributed by atoms with Gasteiger partial charge in [0.25, 0.3) is 5.91 Å². The van der Waals surface area contributed by atoms with Gasteiger partial charge in [0.2, 0.25) is 0 Å². The highest BCUT2D eigenvalue weighted by atomic mass is 127. The number of aliphatic hydroxyl groups excluding tert-OH is 3. The molecule has 8 nitrogen and oxygen atoms in total. The lowest BCUT2D eigenvalue weighted by molar-refractivity contribution is -0.0295. The maximum Gasteiger partial charge on any atom is 0.277 e. The van der Waals surface area contributed by atoms with Crippen LogP contribution in [0.15, 0.2) is 24.3 Å². The number of halogens is 4. The first-order valence-electron chi connectivity index (χ1n) is 8.91. The molecule has 1 amide bonds. The molecule has 0 aliphatic rings. The first-order chi connectivity index (χ1) is 14.8. The van der Waals surface area contributed by atoms with Crippen LogP contribution in [-0.2, 0) is 16.2 Å². The van der Waals surface area contributed by atoms with Crippen molar-refractivity contribution in [3.8, 4) is 0 Å². The molecule has 0 aromatic heterocycles. The van der Waals surface area contributed by atoms with Gasteiger partial charge in [-0.2, -0.15) is 0 Å². The van der Waals surface area contributed by atoms with Crippen molar-refractivity contribution in [3.63, 3.8) is 0 Å². The van der Waals surface area contributed by atoms with Crippen molar-refractivity contribution in [1.82, 2.24) is 5.48 Å². The number of nitrogens with one attached hydrogen (secondary N) is 2. The van der Waals surface area contributed by atoms with E-state index in [4.69, 9.17) is 19.8 Å². The monoisotopic (exact) mass is 556 g/mol. The summed E-state index contributed by atoms with van der Waals surface area (Å²) in [5.41, 5.74) is 0.342. The number of hydrogen-bond acceptors (Lipinski definition) is 7. The molecular weight excluding hydrogens is 536 g/mol. The number of ether oxygens (including phenoxy) is 1. The van der Waals surface area contributed by atoms with Crippen LogP contribution in [0.25, 0.3) is 0 Å². The third-order valence-electron chi connectivity index (χ3n) is 3.86. The van der Waals surface area contributed by atoms with Crippen molar-refractivity contribution in [1.29, 1.82) is 0 Å². The molecule has 170 valence electrons. The highest BCUT2D eigenvalue weighted by Gasteiger charge is 2.24. The van der Waals surface area contributed by atoms with Gasteiger partial charge >= 0.3 is 0 Å². The molecule has 0 radical (unpaired) electrons. The summed E-state index contributed by atoms with van der Waals surface area (Å²) in [5.74, 6) is -4.56. The van der Waals surface area contributed by atoms with Crippen LogP contribution < -0.4 is 10.8 Å². The number of carbonyl (C=O) groups excluding carboxylic acids is 1. The van der Waals surface area contributed by atoms with Crippen LogP contribution >= 0.6 is 22.6 Å². The second kappa shape index (κ2) is 12.2. The van der Waals surface area contributed by atoms with Gasteiger partial charge in [0.1, 0.15) is 18.5 Å². The van der Waals surface area contributed by atoms with E-state index >= 15 is 0 Å². The van der Waals surface area contributed by atoms with Crippen molar-refractivity contribution >= 4 is 39.9 Å². The largest absolute Gasteiger partial charge is 0.394 e. The predicted octanol–water partition coefficient (Wildman–Crippen LogP) is 1.98.